The largest absolute Gasteiger partial charge is 1.00 e. The van der Waals surface area contributed by atoms with E-state index in [9.17, 15) is 14.7 Å². The van der Waals surface area contributed by atoms with Crippen molar-refractivity contribution in [2.75, 3.05) is 11.9 Å². The van der Waals surface area contributed by atoms with Crippen molar-refractivity contribution in [3.8, 4) is 0 Å². The van der Waals surface area contributed by atoms with Gasteiger partial charge in [0.1, 0.15) is 0 Å². The molecule has 8 heteroatoms. The number of aliphatic carboxylic acids is 1. The molecule has 2 amide bonds. The third-order valence-corrected chi connectivity index (χ3v) is 3.31. The summed E-state index contributed by atoms with van der Waals surface area (Å²) in [6.07, 6.45) is 0.275. The van der Waals surface area contributed by atoms with E-state index < -0.39 is 12.0 Å². The zero-order valence-electron chi connectivity index (χ0n) is 11.0. The number of nitrogens with zero attached hydrogens (tertiary/aromatic N) is 1. The second-order valence-electron chi connectivity index (χ2n) is 3.84. The Kier molecular flexibility index (Phi) is 7.63. The average molecular weight is 317 g/mol. The summed E-state index contributed by atoms with van der Waals surface area (Å²) in [5.41, 5.74) is 0.833. The number of aromatic nitrogens is 1. The molecule has 0 aliphatic heterocycles. The molecule has 0 aliphatic carbocycles. The molecule has 2 N–H and O–H groups in total. The summed E-state index contributed by atoms with van der Waals surface area (Å²) in [5.74, 6) is -1.12. The Balaban J connectivity index is 0.00000200. The summed E-state index contributed by atoms with van der Waals surface area (Å²) in [6, 6.07) is 7.19. The summed E-state index contributed by atoms with van der Waals surface area (Å²) >= 11 is 1.38. The molecule has 0 fully saturated rings. The van der Waals surface area contributed by atoms with Gasteiger partial charge >= 0.3 is 57.4 Å². The normalized spacial score (nSPS) is 9.80. The fourth-order valence-corrected chi connectivity index (χ4v) is 2.36. The number of nitrogens with one attached hydrogen (secondary N) is 2. The maximum absolute atomic E-state index is 11.5. The number of thiazole rings is 1. The molecule has 0 spiro atoms. The summed E-state index contributed by atoms with van der Waals surface area (Å²) in [4.78, 5) is 26.0. The molecule has 0 bridgehead atoms. The maximum Gasteiger partial charge on any atom is 1.00 e. The Labute approximate surface area is 162 Å². The monoisotopic (exact) mass is 317 g/mol. The van der Waals surface area contributed by atoms with Gasteiger partial charge in [0.15, 0.2) is 5.13 Å². The average Bonchev–Trinajstić information content (AvgIpc) is 2.76. The van der Waals surface area contributed by atoms with Crippen molar-refractivity contribution in [2.24, 2.45) is 0 Å². The Morgan fingerprint density at radius 3 is 2.75 bits per heavy atom. The number of carbonyl (C=O) groups is 2. The molecule has 1 heterocycles. The van der Waals surface area contributed by atoms with Crippen molar-refractivity contribution < 1.29 is 66.1 Å². The first-order valence-corrected chi connectivity index (χ1v) is 6.57. The molecular formula is C12H12KN3O3S. The van der Waals surface area contributed by atoms with E-state index in [0.717, 1.165) is 10.2 Å². The van der Waals surface area contributed by atoms with Gasteiger partial charge in [-0.3, -0.25) is 5.32 Å². The number of carbonyl (C=O) groups excluding carboxylic acids is 2. The molecule has 2 aromatic rings. The van der Waals surface area contributed by atoms with Crippen molar-refractivity contribution in [1.82, 2.24) is 10.3 Å². The molecule has 0 atom stereocenters. The zero-order chi connectivity index (χ0) is 13.7. The smallest absolute Gasteiger partial charge is 0.550 e. The quantitative estimate of drug-likeness (QED) is 0.490. The van der Waals surface area contributed by atoms with E-state index in [-0.39, 0.29) is 64.4 Å². The minimum Gasteiger partial charge on any atom is -0.550 e. The van der Waals surface area contributed by atoms with Crippen LogP contribution in [0.1, 0.15) is 12.8 Å². The van der Waals surface area contributed by atoms with Crippen LogP contribution < -0.4 is 67.1 Å². The molecule has 0 saturated carbocycles. The summed E-state index contributed by atoms with van der Waals surface area (Å²) in [6.45, 7) is 0.282. The standard InChI is InChI=1S/C12H13N3O3S.K/c16-10(17)6-3-7-13-11(18)15-12-14-8-4-1-2-5-9(8)19-12;/h1-2,4-5H,3,6-7H2,(H,16,17)(H2,13,14,15,18);/q;+1/p-1. The SMILES string of the molecule is O=C([O-])CCCNC(=O)Nc1nc2ccccc2s1.[K+]. The second-order valence-corrected chi connectivity index (χ2v) is 4.87. The Morgan fingerprint density at radius 1 is 1.30 bits per heavy atom. The van der Waals surface area contributed by atoms with E-state index in [2.05, 4.69) is 15.6 Å². The van der Waals surface area contributed by atoms with Gasteiger partial charge in [-0.1, -0.05) is 23.5 Å². The second kappa shape index (κ2) is 8.70. The van der Waals surface area contributed by atoms with Crippen LogP contribution in [0.5, 0.6) is 0 Å². The first-order valence-electron chi connectivity index (χ1n) is 5.75. The number of anilines is 1. The number of para-hydroxylation sites is 1. The first-order chi connectivity index (χ1) is 9.15. The van der Waals surface area contributed by atoms with Crippen LogP contribution >= 0.6 is 11.3 Å². The van der Waals surface area contributed by atoms with Crippen LogP contribution in [0, 0.1) is 0 Å². The number of rotatable bonds is 5. The molecule has 20 heavy (non-hydrogen) atoms. The van der Waals surface area contributed by atoms with E-state index >= 15 is 0 Å². The van der Waals surface area contributed by atoms with Gasteiger partial charge in [0, 0.05) is 12.5 Å². The predicted octanol–water partition coefficient (Wildman–Crippen LogP) is -2.05. The van der Waals surface area contributed by atoms with Crippen LogP contribution in [0.3, 0.4) is 0 Å². The van der Waals surface area contributed by atoms with Gasteiger partial charge in [-0.2, -0.15) is 0 Å². The molecule has 0 unspecified atom stereocenters. The number of urea groups is 1. The van der Waals surface area contributed by atoms with Gasteiger partial charge in [-0.15, -0.1) is 0 Å². The van der Waals surface area contributed by atoms with Crippen LogP contribution in [0.2, 0.25) is 0 Å². The number of hydrogen-bond donors (Lipinski definition) is 2. The number of carboxylic acid groups (broad SMARTS) is 1. The summed E-state index contributed by atoms with van der Waals surface area (Å²) in [7, 11) is 0. The van der Waals surface area contributed by atoms with E-state index in [4.69, 9.17) is 0 Å². The number of fused-ring (bicyclic) bond motifs is 1. The zero-order valence-corrected chi connectivity index (χ0v) is 15.0. The van der Waals surface area contributed by atoms with Crippen LogP contribution in [0.15, 0.2) is 24.3 Å². The fourth-order valence-electron chi connectivity index (χ4n) is 1.50. The van der Waals surface area contributed by atoms with Crippen LogP contribution in [-0.2, 0) is 4.79 Å². The van der Waals surface area contributed by atoms with E-state index in [1.54, 1.807) is 0 Å². The minimum absolute atomic E-state index is 0. The molecule has 2 rings (SSSR count). The third-order valence-electron chi connectivity index (χ3n) is 2.36. The number of carboxylic acids is 1. The van der Waals surface area contributed by atoms with Crippen LogP contribution in [0.25, 0.3) is 10.2 Å². The predicted molar refractivity (Wildman–Crippen MR) is 70.9 cm³/mol. The van der Waals surface area contributed by atoms with E-state index in [0.29, 0.717) is 11.6 Å². The van der Waals surface area contributed by atoms with Crippen molar-refractivity contribution in [2.45, 2.75) is 12.8 Å². The number of benzene rings is 1. The fraction of sp³-hybridized carbons (Fsp3) is 0.250. The van der Waals surface area contributed by atoms with Gasteiger partial charge in [0.05, 0.1) is 10.2 Å². The van der Waals surface area contributed by atoms with E-state index in [1.165, 1.54) is 11.3 Å². The third kappa shape index (κ3) is 5.47. The molecule has 1 aromatic heterocycles. The molecular weight excluding hydrogens is 305 g/mol. The van der Waals surface area contributed by atoms with Crippen molar-refractivity contribution in [1.29, 1.82) is 0 Å². The van der Waals surface area contributed by atoms with Crippen molar-refractivity contribution in [3.63, 3.8) is 0 Å². The molecule has 0 aliphatic rings. The molecule has 6 nitrogen and oxygen atoms in total. The molecule has 0 radical (unpaired) electrons. The molecule has 1 aromatic carbocycles. The Bertz CT molecular complexity index is 569. The van der Waals surface area contributed by atoms with Crippen molar-refractivity contribution in [3.05, 3.63) is 24.3 Å². The molecule has 100 valence electrons. The summed E-state index contributed by atoms with van der Waals surface area (Å²) < 4.78 is 0.995. The van der Waals surface area contributed by atoms with Gasteiger partial charge in [0.2, 0.25) is 0 Å². The minimum atomic E-state index is -1.12. The number of hydrogen-bond acceptors (Lipinski definition) is 5. The molecule has 0 saturated heterocycles. The first kappa shape index (κ1) is 17.5. The summed E-state index contributed by atoms with van der Waals surface area (Å²) in [5, 5.41) is 15.9. The van der Waals surface area contributed by atoms with Gasteiger partial charge in [0.25, 0.3) is 0 Å². The van der Waals surface area contributed by atoms with E-state index in [1.807, 2.05) is 24.3 Å². The number of amides is 2. The van der Waals surface area contributed by atoms with Gasteiger partial charge in [-0.25, -0.2) is 9.78 Å². The van der Waals surface area contributed by atoms with Gasteiger partial charge < -0.3 is 15.2 Å². The van der Waals surface area contributed by atoms with Crippen LogP contribution in [0.4, 0.5) is 9.93 Å². The Morgan fingerprint density at radius 2 is 2.05 bits per heavy atom. The van der Waals surface area contributed by atoms with Crippen LogP contribution in [-0.4, -0.2) is 23.5 Å². The van der Waals surface area contributed by atoms with Crippen molar-refractivity contribution >= 4 is 38.7 Å². The maximum atomic E-state index is 11.5. The Hall–Kier alpha value is -0.514. The van der Waals surface area contributed by atoms with Gasteiger partial charge in [-0.05, 0) is 25.0 Å². The topological polar surface area (TPSA) is 94.1 Å².